The third-order valence-electron chi connectivity index (χ3n) is 7.34. The van der Waals surface area contributed by atoms with E-state index in [2.05, 4.69) is 31.9 Å². The Morgan fingerprint density at radius 3 is 2.79 bits per heavy atom. The van der Waals surface area contributed by atoms with Crippen LogP contribution in [0.25, 0.3) is 10.9 Å². The summed E-state index contributed by atoms with van der Waals surface area (Å²) in [6, 6.07) is 15.2. The second kappa shape index (κ2) is 8.76. The van der Waals surface area contributed by atoms with Gasteiger partial charge in [0.2, 0.25) is 11.8 Å². The van der Waals surface area contributed by atoms with Gasteiger partial charge in [0, 0.05) is 31.1 Å². The first kappa shape index (κ1) is 23.8. The van der Waals surface area contributed by atoms with E-state index in [9.17, 15) is 9.59 Å². The standard InChI is InChI=1S/C28H28N6O4/c1-5-38-25-18(26(35)34(2)3)9-11-23(31-25)30-24-17-8-6-15(12-22(17)32-33-24)20-14-28(20)19-13-16(37-4)7-10-21(19)29-27(28)36/h6-13,20H,5,14H2,1-4H3,(H,29,36)(H2,30,31,32,33)/t20-,28-/m0/s1. The minimum atomic E-state index is -0.565. The number of anilines is 3. The highest BCUT2D eigenvalue weighted by molar-refractivity contribution is 6.10. The van der Waals surface area contributed by atoms with E-state index in [1.54, 1.807) is 33.3 Å². The van der Waals surface area contributed by atoms with Crippen molar-refractivity contribution in [3.05, 3.63) is 65.2 Å². The van der Waals surface area contributed by atoms with Crippen LogP contribution in [-0.4, -0.2) is 59.7 Å². The van der Waals surface area contributed by atoms with E-state index in [0.717, 1.165) is 39.9 Å². The Morgan fingerprint density at radius 1 is 1.18 bits per heavy atom. The number of nitrogens with one attached hydrogen (secondary N) is 3. The maximum absolute atomic E-state index is 13.0. The maximum Gasteiger partial charge on any atom is 0.258 e. The molecular formula is C28H28N6O4. The van der Waals surface area contributed by atoms with Gasteiger partial charge in [-0.3, -0.25) is 14.7 Å². The lowest BCUT2D eigenvalue weighted by atomic mass is 9.91. The Hall–Kier alpha value is -4.60. The Kier molecular flexibility index (Phi) is 5.48. The summed E-state index contributed by atoms with van der Waals surface area (Å²) in [5, 5.41) is 14.7. The van der Waals surface area contributed by atoms with Crippen LogP contribution in [0, 0.1) is 0 Å². The first-order valence-corrected chi connectivity index (χ1v) is 12.5. The molecule has 2 aliphatic rings. The van der Waals surface area contributed by atoms with Gasteiger partial charge in [0.1, 0.15) is 17.1 Å². The molecule has 0 saturated heterocycles. The number of H-pyrrole nitrogens is 1. The minimum Gasteiger partial charge on any atom is -0.497 e. The lowest BCUT2D eigenvalue weighted by molar-refractivity contribution is -0.118. The zero-order valence-electron chi connectivity index (χ0n) is 21.6. The molecule has 194 valence electrons. The molecule has 2 atom stereocenters. The summed E-state index contributed by atoms with van der Waals surface area (Å²) < 4.78 is 11.0. The number of nitrogens with zero attached hydrogens (tertiary/aromatic N) is 3. The maximum atomic E-state index is 13.0. The summed E-state index contributed by atoms with van der Waals surface area (Å²) in [5.41, 5.74) is 3.59. The number of aromatic nitrogens is 3. The number of aromatic amines is 1. The molecule has 1 saturated carbocycles. The number of benzene rings is 2. The van der Waals surface area contributed by atoms with Crippen LogP contribution in [-0.2, 0) is 10.2 Å². The van der Waals surface area contributed by atoms with Gasteiger partial charge in [-0.2, -0.15) is 10.1 Å². The molecule has 0 bridgehead atoms. The van der Waals surface area contributed by atoms with Crippen LogP contribution >= 0.6 is 0 Å². The van der Waals surface area contributed by atoms with E-state index < -0.39 is 5.41 Å². The first-order chi connectivity index (χ1) is 18.3. The minimum absolute atomic E-state index is 0.0326. The average molecular weight is 513 g/mol. The largest absolute Gasteiger partial charge is 0.497 e. The number of carbonyl (C=O) groups excluding carboxylic acids is 2. The molecule has 0 radical (unpaired) electrons. The Labute approximate surface area is 219 Å². The summed E-state index contributed by atoms with van der Waals surface area (Å²) in [4.78, 5) is 31.5. The van der Waals surface area contributed by atoms with Gasteiger partial charge in [0.25, 0.3) is 5.91 Å². The Bertz CT molecular complexity index is 1600. The van der Waals surface area contributed by atoms with E-state index in [0.29, 0.717) is 23.8 Å². The fraction of sp³-hybridized carbons (Fsp3) is 0.286. The molecule has 2 amide bonds. The van der Waals surface area contributed by atoms with Gasteiger partial charge in [-0.25, -0.2) is 0 Å². The van der Waals surface area contributed by atoms with Crippen LogP contribution in [0.15, 0.2) is 48.5 Å². The fourth-order valence-corrected chi connectivity index (χ4v) is 5.33. The van der Waals surface area contributed by atoms with Crippen molar-refractivity contribution in [2.75, 3.05) is 38.4 Å². The quantitative estimate of drug-likeness (QED) is 0.339. The summed E-state index contributed by atoms with van der Waals surface area (Å²) >= 11 is 0. The molecule has 10 nitrogen and oxygen atoms in total. The van der Waals surface area contributed by atoms with Gasteiger partial charge < -0.3 is 25.0 Å². The number of methoxy groups -OCH3 is 1. The second-order valence-electron chi connectivity index (χ2n) is 9.78. The summed E-state index contributed by atoms with van der Waals surface area (Å²) in [6.07, 6.45) is 0.742. The van der Waals surface area contributed by atoms with Crippen molar-refractivity contribution < 1.29 is 19.1 Å². The normalized spacial score (nSPS) is 19.3. The van der Waals surface area contributed by atoms with Crippen LogP contribution in [0.1, 0.15) is 40.7 Å². The number of carbonyl (C=O) groups is 2. The highest BCUT2D eigenvalue weighted by Crippen LogP contribution is 2.65. The van der Waals surface area contributed by atoms with Crippen molar-refractivity contribution in [2.45, 2.75) is 24.7 Å². The number of ether oxygens (including phenoxy) is 2. The van der Waals surface area contributed by atoms with Crippen LogP contribution in [0.3, 0.4) is 0 Å². The predicted octanol–water partition coefficient (Wildman–Crippen LogP) is 4.19. The van der Waals surface area contributed by atoms with Gasteiger partial charge in [0.15, 0.2) is 5.82 Å². The van der Waals surface area contributed by atoms with Gasteiger partial charge in [0.05, 0.1) is 24.6 Å². The topological polar surface area (TPSA) is 121 Å². The highest BCUT2D eigenvalue weighted by atomic mass is 16.5. The van der Waals surface area contributed by atoms with Gasteiger partial charge in [-0.05, 0) is 66.9 Å². The van der Waals surface area contributed by atoms with Gasteiger partial charge in [-0.15, -0.1) is 0 Å². The summed E-state index contributed by atoms with van der Waals surface area (Å²) in [5.74, 6) is 2.04. The number of hydrogen-bond acceptors (Lipinski definition) is 7. The SMILES string of the molecule is CCOc1nc(Nc2n[nH]c3cc([C@@H]4C[C@@]45C(=O)Nc4ccc(OC)cc45)ccc23)ccc1C(=O)N(C)C. The van der Waals surface area contributed by atoms with Gasteiger partial charge in [-0.1, -0.05) is 6.07 Å². The van der Waals surface area contributed by atoms with E-state index in [4.69, 9.17) is 9.47 Å². The molecule has 4 aromatic rings. The molecule has 1 aliphatic carbocycles. The molecule has 3 heterocycles. The zero-order valence-corrected chi connectivity index (χ0v) is 21.6. The third-order valence-corrected chi connectivity index (χ3v) is 7.34. The van der Waals surface area contributed by atoms with Crippen molar-refractivity contribution in [3.8, 4) is 11.6 Å². The van der Waals surface area contributed by atoms with Crippen molar-refractivity contribution in [3.63, 3.8) is 0 Å². The smallest absolute Gasteiger partial charge is 0.258 e. The first-order valence-electron chi connectivity index (χ1n) is 12.5. The molecule has 1 aliphatic heterocycles. The molecule has 10 heteroatoms. The van der Waals surface area contributed by atoms with Crippen molar-refractivity contribution in [1.82, 2.24) is 20.1 Å². The van der Waals surface area contributed by atoms with Crippen molar-refractivity contribution in [1.29, 1.82) is 0 Å². The average Bonchev–Trinajstić information content (AvgIpc) is 3.47. The molecular weight excluding hydrogens is 484 g/mol. The molecule has 1 spiro atoms. The number of pyridine rings is 1. The number of amides is 2. The number of hydrogen-bond donors (Lipinski definition) is 3. The molecule has 38 heavy (non-hydrogen) atoms. The van der Waals surface area contributed by atoms with Crippen LogP contribution in [0.4, 0.5) is 17.3 Å². The fourth-order valence-electron chi connectivity index (χ4n) is 5.33. The summed E-state index contributed by atoms with van der Waals surface area (Å²) in [6.45, 7) is 2.23. The molecule has 3 N–H and O–H groups in total. The molecule has 6 rings (SSSR count). The van der Waals surface area contributed by atoms with Crippen LogP contribution < -0.4 is 20.1 Å². The van der Waals surface area contributed by atoms with Crippen LogP contribution in [0.5, 0.6) is 11.6 Å². The predicted molar refractivity (Wildman–Crippen MR) is 143 cm³/mol. The molecule has 0 unspecified atom stereocenters. The lowest BCUT2D eigenvalue weighted by Crippen LogP contribution is -2.23. The number of rotatable bonds is 7. The molecule has 1 fully saturated rings. The van der Waals surface area contributed by atoms with Crippen molar-refractivity contribution >= 4 is 40.0 Å². The second-order valence-corrected chi connectivity index (χ2v) is 9.78. The van der Waals surface area contributed by atoms with E-state index in [-0.39, 0.29) is 23.6 Å². The number of fused-ring (bicyclic) bond motifs is 3. The highest BCUT2D eigenvalue weighted by Gasteiger charge is 2.65. The Balaban J connectivity index is 1.27. The summed E-state index contributed by atoms with van der Waals surface area (Å²) in [7, 11) is 5.00. The van der Waals surface area contributed by atoms with Crippen LogP contribution in [0.2, 0.25) is 0 Å². The Morgan fingerprint density at radius 2 is 2.03 bits per heavy atom. The third kappa shape index (κ3) is 3.63. The van der Waals surface area contributed by atoms with E-state index in [1.807, 2.05) is 37.3 Å². The van der Waals surface area contributed by atoms with Crippen molar-refractivity contribution in [2.24, 2.45) is 0 Å². The van der Waals surface area contributed by atoms with E-state index >= 15 is 0 Å². The molecule has 2 aromatic carbocycles. The zero-order chi connectivity index (χ0) is 26.6. The van der Waals surface area contributed by atoms with E-state index in [1.165, 1.54) is 4.90 Å². The van der Waals surface area contributed by atoms with Gasteiger partial charge >= 0.3 is 0 Å². The lowest BCUT2D eigenvalue weighted by Gasteiger charge is -2.14. The monoisotopic (exact) mass is 512 g/mol. The molecule has 2 aromatic heterocycles.